The van der Waals surface area contributed by atoms with Crippen LogP contribution in [0.4, 0.5) is 20.2 Å². The van der Waals surface area contributed by atoms with Gasteiger partial charge in [-0.2, -0.15) is 0 Å². The summed E-state index contributed by atoms with van der Waals surface area (Å²) < 4.78 is 26.3. The summed E-state index contributed by atoms with van der Waals surface area (Å²) in [6, 6.07) is 12.2. The van der Waals surface area contributed by atoms with Crippen molar-refractivity contribution in [3.8, 4) is 0 Å². The van der Waals surface area contributed by atoms with Crippen LogP contribution >= 0.6 is 0 Å². The first-order valence-corrected chi connectivity index (χ1v) is 8.84. The van der Waals surface area contributed by atoms with Crippen molar-refractivity contribution in [2.24, 2.45) is 5.92 Å². The molecule has 0 unspecified atom stereocenters. The lowest BCUT2D eigenvalue weighted by molar-refractivity contribution is -0.121. The van der Waals surface area contributed by atoms with Crippen molar-refractivity contribution in [2.75, 3.05) is 30.3 Å². The lowest BCUT2D eigenvalue weighted by Gasteiger charge is -2.30. The second-order valence-electron chi connectivity index (χ2n) is 6.61. The molecule has 0 spiro atoms. The topological polar surface area (TPSA) is 61.4 Å². The van der Waals surface area contributed by atoms with Gasteiger partial charge in [-0.25, -0.2) is 8.78 Å². The molecule has 0 bridgehead atoms. The Kier molecular flexibility index (Phi) is 6.13. The van der Waals surface area contributed by atoms with Crippen molar-refractivity contribution in [3.05, 3.63) is 60.2 Å². The van der Waals surface area contributed by atoms with Crippen LogP contribution in [-0.4, -0.2) is 36.3 Å². The van der Waals surface area contributed by atoms with E-state index in [4.69, 9.17) is 0 Å². The Labute approximate surface area is 156 Å². The number of benzene rings is 2. The highest BCUT2D eigenvalue weighted by molar-refractivity contribution is 5.93. The fourth-order valence-corrected chi connectivity index (χ4v) is 3.15. The number of nitrogens with one attached hydrogen (secondary N) is 2. The predicted octanol–water partition coefficient (Wildman–Crippen LogP) is 3.25. The molecular weight excluding hydrogens is 352 g/mol. The third-order valence-corrected chi connectivity index (χ3v) is 4.51. The van der Waals surface area contributed by atoms with Gasteiger partial charge >= 0.3 is 0 Å². The number of likely N-dealkylation sites (tertiary alicyclic amines) is 1. The Morgan fingerprint density at radius 1 is 0.926 bits per heavy atom. The molecule has 0 atom stereocenters. The van der Waals surface area contributed by atoms with Crippen molar-refractivity contribution in [1.29, 1.82) is 0 Å². The van der Waals surface area contributed by atoms with Crippen molar-refractivity contribution in [1.82, 2.24) is 4.90 Å². The van der Waals surface area contributed by atoms with Crippen LogP contribution < -0.4 is 10.6 Å². The number of amides is 2. The first kappa shape index (κ1) is 19.0. The van der Waals surface area contributed by atoms with Gasteiger partial charge in [-0.1, -0.05) is 18.2 Å². The molecule has 0 aliphatic carbocycles. The van der Waals surface area contributed by atoms with Gasteiger partial charge in [0.2, 0.25) is 11.8 Å². The highest BCUT2D eigenvalue weighted by Crippen LogP contribution is 2.20. The van der Waals surface area contributed by atoms with Gasteiger partial charge in [0.05, 0.1) is 6.54 Å². The Morgan fingerprint density at radius 3 is 2.19 bits per heavy atom. The van der Waals surface area contributed by atoms with E-state index < -0.39 is 11.6 Å². The molecule has 2 amide bonds. The van der Waals surface area contributed by atoms with Crippen LogP contribution in [0.1, 0.15) is 12.8 Å². The fourth-order valence-electron chi connectivity index (χ4n) is 3.15. The minimum atomic E-state index is -0.740. The van der Waals surface area contributed by atoms with E-state index >= 15 is 0 Å². The smallest absolute Gasteiger partial charge is 0.238 e. The largest absolute Gasteiger partial charge is 0.326 e. The summed E-state index contributed by atoms with van der Waals surface area (Å²) in [6.07, 6.45) is 1.31. The van der Waals surface area contributed by atoms with E-state index in [9.17, 15) is 18.4 Å². The van der Waals surface area contributed by atoms with Gasteiger partial charge in [-0.15, -0.1) is 0 Å². The van der Waals surface area contributed by atoms with Gasteiger partial charge in [0.1, 0.15) is 11.6 Å². The molecule has 5 nitrogen and oxygen atoms in total. The summed E-state index contributed by atoms with van der Waals surface area (Å²) in [7, 11) is 0. The van der Waals surface area contributed by atoms with Crippen molar-refractivity contribution < 1.29 is 18.4 Å². The van der Waals surface area contributed by atoms with Crippen LogP contribution in [0.15, 0.2) is 48.5 Å². The second kappa shape index (κ2) is 8.73. The maximum atomic E-state index is 13.2. The number of rotatable bonds is 5. The number of halogens is 2. The second-order valence-corrected chi connectivity index (χ2v) is 6.61. The first-order valence-electron chi connectivity index (χ1n) is 8.84. The van der Waals surface area contributed by atoms with Gasteiger partial charge in [0, 0.05) is 23.4 Å². The van der Waals surface area contributed by atoms with E-state index in [0.717, 1.165) is 23.9 Å². The van der Waals surface area contributed by atoms with E-state index in [-0.39, 0.29) is 30.0 Å². The quantitative estimate of drug-likeness (QED) is 0.846. The fraction of sp³-hybridized carbons (Fsp3) is 0.300. The molecule has 0 radical (unpaired) electrons. The molecule has 1 aliphatic rings. The van der Waals surface area contributed by atoms with Crippen molar-refractivity contribution >= 4 is 23.2 Å². The lowest BCUT2D eigenvalue weighted by Crippen LogP contribution is -2.41. The highest BCUT2D eigenvalue weighted by Gasteiger charge is 2.26. The molecule has 3 rings (SSSR count). The van der Waals surface area contributed by atoms with Crippen LogP contribution in [0.2, 0.25) is 0 Å². The number of hydrogen-bond acceptors (Lipinski definition) is 3. The average molecular weight is 373 g/mol. The zero-order valence-corrected chi connectivity index (χ0v) is 14.8. The number of carbonyl (C=O) groups is 2. The summed E-state index contributed by atoms with van der Waals surface area (Å²) in [4.78, 5) is 26.3. The minimum absolute atomic E-state index is 0.0134. The van der Waals surface area contributed by atoms with Crippen LogP contribution in [0, 0.1) is 17.6 Å². The molecule has 1 heterocycles. The van der Waals surface area contributed by atoms with E-state index in [1.165, 1.54) is 0 Å². The Balaban J connectivity index is 1.45. The normalized spacial score (nSPS) is 15.3. The molecule has 1 aliphatic heterocycles. The number of piperidine rings is 1. The molecule has 2 N–H and O–H groups in total. The zero-order valence-electron chi connectivity index (χ0n) is 14.8. The van der Waals surface area contributed by atoms with E-state index in [1.807, 2.05) is 35.2 Å². The Morgan fingerprint density at radius 2 is 1.56 bits per heavy atom. The molecule has 142 valence electrons. The highest BCUT2D eigenvalue weighted by atomic mass is 19.1. The van der Waals surface area contributed by atoms with Crippen LogP contribution in [-0.2, 0) is 9.59 Å². The average Bonchev–Trinajstić information content (AvgIpc) is 2.62. The summed E-state index contributed by atoms with van der Waals surface area (Å²) in [5, 5.41) is 5.40. The standard InChI is InChI=1S/C20H21F2N3O2/c21-15-10-16(22)12-18(11-15)23-19(26)13-25-8-6-14(7-9-25)20(27)24-17-4-2-1-3-5-17/h1-5,10-12,14H,6-9,13H2,(H,23,26)(H,24,27). The summed E-state index contributed by atoms with van der Waals surface area (Å²) >= 11 is 0. The molecule has 2 aromatic carbocycles. The molecule has 27 heavy (non-hydrogen) atoms. The predicted molar refractivity (Wildman–Crippen MR) is 99.2 cm³/mol. The van der Waals surface area contributed by atoms with Gasteiger partial charge in [-0.05, 0) is 50.2 Å². The lowest BCUT2D eigenvalue weighted by atomic mass is 9.96. The minimum Gasteiger partial charge on any atom is -0.326 e. The van der Waals surface area contributed by atoms with Gasteiger partial charge in [-0.3, -0.25) is 14.5 Å². The van der Waals surface area contributed by atoms with Gasteiger partial charge in [0.15, 0.2) is 0 Å². The Bertz CT molecular complexity index is 786. The molecular formula is C20H21F2N3O2. The summed E-state index contributed by atoms with van der Waals surface area (Å²) in [5.74, 6) is -1.93. The number of anilines is 2. The maximum absolute atomic E-state index is 13.2. The van der Waals surface area contributed by atoms with Gasteiger partial charge < -0.3 is 10.6 Å². The van der Waals surface area contributed by atoms with Crippen molar-refractivity contribution in [2.45, 2.75) is 12.8 Å². The molecule has 0 aromatic heterocycles. The third-order valence-electron chi connectivity index (χ3n) is 4.51. The molecule has 1 saturated heterocycles. The molecule has 1 fully saturated rings. The number of hydrogen-bond donors (Lipinski definition) is 2. The number of para-hydroxylation sites is 1. The molecule has 7 heteroatoms. The summed E-state index contributed by atoms with van der Waals surface area (Å²) in [5.41, 5.74) is 0.862. The van der Waals surface area contributed by atoms with Gasteiger partial charge in [0.25, 0.3) is 0 Å². The van der Waals surface area contributed by atoms with Crippen LogP contribution in [0.25, 0.3) is 0 Å². The van der Waals surface area contributed by atoms with E-state index in [1.54, 1.807) is 0 Å². The third kappa shape index (κ3) is 5.59. The number of nitrogens with zero attached hydrogens (tertiary/aromatic N) is 1. The van der Waals surface area contributed by atoms with Crippen LogP contribution in [0.3, 0.4) is 0 Å². The Hall–Kier alpha value is -2.80. The van der Waals surface area contributed by atoms with Crippen molar-refractivity contribution in [3.63, 3.8) is 0 Å². The molecule has 0 saturated carbocycles. The van der Waals surface area contributed by atoms with Crippen LogP contribution in [0.5, 0.6) is 0 Å². The maximum Gasteiger partial charge on any atom is 0.238 e. The van der Waals surface area contributed by atoms with E-state index in [2.05, 4.69) is 10.6 Å². The first-order chi connectivity index (χ1) is 13.0. The number of carbonyl (C=O) groups excluding carboxylic acids is 2. The SMILES string of the molecule is O=C(CN1CCC(C(=O)Nc2ccccc2)CC1)Nc1cc(F)cc(F)c1. The van der Waals surface area contributed by atoms with E-state index in [0.29, 0.717) is 25.9 Å². The zero-order chi connectivity index (χ0) is 19.2. The monoisotopic (exact) mass is 373 g/mol. The summed E-state index contributed by atoms with van der Waals surface area (Å²) in [6.45, 7) is 1.33. The molecule has 2 aromatic rings.